The molecule has 0 aromatic heterocycles. The minimum atomic E-state index is -0.647. The van der Waals surface area contributed by atoms with Crippen molar-refractivity contribution >= 4 is 70.1 Å². The molecule has 0 spiro atoms. The molecule has 0 fully saturated rings. The van der Waals surface area contributed by atoms with E-state index in [1.165, 1.54) is 0 Å². The maximum absolute atomic E-state index is 13.4. The van der Waals surface area contributed by atoms with E-state index in [4.69, 9.17) is 30.4 Å². The highest BCUT2D eigenvalue weighted by molar-refractivity contribution is 5.91. The monoisotopic (exact) mass is 1290 g/mol. The number of ketones is 3. The molecular weight excluding hydrogens is 1170 g/mol. The molecule has 0 bridgehead atoms. The van der Waals surface area contributed by atoms with Gasteiger partial charge < -0.3 is 93.5 Å². The fourth-order valence-electron chi connectivity index (χ4n) is 8.25. The number of rotatable bonds is 57. The van der Waals surface area contributed by atoms with Crippen molar-refractivity contribution in [2.24, 2.45) is 33.6 Å². The van der Waals surface area contributed by atoms with Crippen molar-refractivity contribution in [3.63, 3.8) is 0 Å². The molecule has 0 aliphatic carbocycles. The largest absolute Gasteiger partial charge is 0.411 e. The van der Waals surface area contributed by atoms with Crippen LogP contribution in [0.2, 0.25) is 0 Å². The van der Waals surface area contributed by atoms with Crippen LogP contribution in [0.5, 0.6) is 0 Å². The zero-order chi connectivity index (χ0) is 68.2. The zero-order valence-electron chi connectivity index (χ0n) is 55.8. The van der Waals surface area contributed by atoms with Gasteiger partial charge in [0.1, 0.15) is 30.6 Å². The Balaban J connectivity index is 0. The van der Waals surface area contributed by atoms with Gasteiger partial charge in [-0.2, -0.15) is 0 Å². The smallest absolute Gasteiger partial charge is 0.246 e. The average Bonchev–Trinajstić information content (AvgIpc) is 2.87. The Hall–Kier alpha value is -6.08. The van der Waals surface area contributed by atoms with Crippen molar-refractivity contribution in [1.82, 2.24) is 47.9 Å². The number of oxime groups is 2. The molecule has 90 heavy (non-hydrogen) atoms. The minimum Gasteiger partial charge on any atom is -0.411 e. The lowest BCUT2D eigenvalue weighted by molar-refractivity contribution is -0.130. The van der Waals surface area contributed by atoms with Crippen LogP contribution < -0.4 is 59.3 Å². The van der Waals surface area contributed by atoms with Crippen LogP contribution in [0.25, 0.3) is 0 Å². The predicted molar refractivity (Wildman–Crippen MR) is 343 cm³/mol. The van der Waals surface area contributed by atoms with E-state index in [0.717, 1.165) is 6.42 Å². The molecule has 3 atom stereocenters. The second-order valence-corrected chi connectivity index (χ2v) is 23.2. The van der Waals surface area contributed by atoms with Crippen LogP contribution in [-0.4, -0.2) is 216 Å². The number of primary amides is 2. The van der Waals surface area contributed by atoms with E-state index in [2.05, 4.69) is 58.2 Å². The van der Waals surface area contributed by atoms with E-state index in [1.54, 1.807) is 34.9 Å². The fourth-order valence-corrected chi connectivity index (χ4v) is 8.25. The fraction of sp³-hybridized carbons (Fsp3) is 0.803. The summed E-state index contributed by atoms with van der Waals surface area (Å²) in [4.78, 5) is 122. The summed E-state index contributed by atoms with van der Waals surface area (Å²) in [5, 5.41) is 51.8. The van der Waals surface area contributed by atoms with Crippen molar-refractivity contribution in [3.05, 3.63) is 0 Å². The molecular formula is C61H115N13O16. The van der Waals surface area contributed by atoms with Gasteiger partial charge in [-0.05, 0) is 133 Å². The van der Waals surface area contributed by atoms with Gasteiger partial charge in [-0.1, -0.05) is 23.7 Å². The summed E-state index contributed by atoms with van der Waals surface area (Å²) in [5.74, 6) is -2.89. The van der Waals surface area contributed by atoms with E-state index >= 15 is 0 Å². The van der Waals surface area contributed by atoms with Gasteiger partial charge in [0.15, 0.2) is 0 Å². The topological polar surface area (TPSA) is 433 Å². The minimum absolute atomic E-state index is 0.00867. The standard InChI is InChI=1S/C57H107N13O15.C4H8O/c1-41(69-80)56(3,4)67-37-43(38-68-57(5,6)42(2)70-81)35-45(71)18-15-19-46(72)36-44(55(79)66-26-14-11-21-48(61-8)54(59)78)17-9-12-24-62-49(73)22-16-23-50(74)64-27-29-82-31-34-85-40-52(76)65-28-30-83-32-33-84-39-51(75)63-25-13-10-20-47(60-7)53(58)77;1-3-4(2)5/h43-44,47-48,60-61,67-68,80-81H,9-40H2,1-8H3,(H2,58,77)(H2,59,78)(H,62,73)(H,63,75)(H,64,74)(H,65,76)(H,66,79);3H2,1-2H3/b69-41-,70-42-;/t44-,47+,48+;/m1./s1. The number of carbonyl (C=O) groups is 10. The summed E-state index contributed by atoms with van der Waals surface area (Å²) in [6.45, 7) is 17.8. The molecule has 0 rings (SSSR count). The molecule has 7 amide bonds. The van der Waals surface area contributed by atoms with Crippen molar-refractivity contribution in [3.8, 4) is 0 Å². The Kier molecular flexibility index (Phi) is 51.2. The highest BCUT2D eigenvalue weighted by Gasteiger charge is 2.28. The molecule has 15 N–H and O–H groups in total. The van der Waals surface area contributed by atoms with Gasteiger partial charge in [0.25, 0.3) is 0 Å². The Morgan fingerprint density at radius 1 is 0.467 bits per heavy atom. The number of amides is 7. The molecule has 0 heterocycles. The van der Waals surface area contributed by atoms with Crippen molar-refractivity contribution in [1.29, 1.82) is 0 Å². The number of carbonyl (C=O) groups excluding carboxylic acids is 10. The summed E-state index contributed by atoms with van der Waals surface area (Å²) >= 11 is 0. The van der Waals surface area contributed by atoms with Gasteiger partial charge in [-0.25, -0.2) is 0 Å². The first-order chi connectivity index (χ1) is 42.7. The van der Waals surface area contributed by atoms with Crippen LogP contribution in [0.15, 0.2) is 10.3 Å². The SMILES string of the molecule is CCC(C)=O.CN[C@@H](CCCCNC(=O)COCCOCCNC(=O)COCCOCCNC(=O)CCCC(=O)NCCCC[C@H](CC(=O)CCCC(=O)CC(CNC(C)(C)/C(C)=N\O)CNC(C)(C)/C(C)=N\O)C(=O)NCCCC[C@H](NC)C(N)=O)C(N)=O. The van der Waals surface area contributed by atoms with Gasteiger partial charge in [0, 0.05) is 96.7 Å². The molecule has 0 aliphatic rings. The van der Waals surface area contributed by atoms with Crippen molar-refractivity contribution in [2.45, 2.75) is 194 Å². The first kappa shape index (κ1) is 86.0. The van der Waals surface area contributed by atoms with Crippen molar-refractivity contribution < 1.29 is 77.3 Å². The number of nitrogens with two attached hydrogens (primary N) is 2. The van der Waals surface area contributed by atoms with Gasteiger partial charge in [0.2, 0.25) is 41.4 Å². The maximum atomic E-state index is 13.4. The van der Waals surface area contributed by atoms with Gasteiger partial charge in [-0.3, -0.25) is 43.2 Å². The van der Waals surface area contributed by atoms with Crippen LogP contribution >= 0.6 is 0 Å². The van der Waals surface area contributed by atoms with Crippen molar-refractivity contribution in [2.75, 3.05) is 113 Å². The van der Waals surface area contributed by atoms with Crippen LogP contribution in [0.1, 0.15) is 171 Å². The third-order valence-corrected chi connectivity index (χ3v) is 14.8. The number of nitrogens with zero attached hydrogens (tertiary/aromatic N) is 2. The van der Waals surface area contributed by atoms with E-state index in [0.29, 0.717) is 115 Å². The molecule has 29 nitrogen and oxygen atoms in total. The molecule has 0 aromatic rings. The summed E-state index contributed by atoms with van der Waals surface area (Å²) in [5.41, 5.74) is 10.4. The Labute approximate surface area is 534 Å². The lowest BCUT2D eigenvalue weighted by Gasteiger charge is -2.31. The third-order valence-electron chi connectivity index (χ3n) is 14.8. The van der Waals surface area contributed by atoms with Gasteiger partial charge in [0.05, 0.1) is 74.2 Å². The molecule has 0 saturated heterocycles. The third kappa shape index (κ3) is 47.8. The number of likely N-dealkylation sites (N-methyl/N-ethyl adjacent to an activating group) is 2. The van der Waals surface area contributed by atoms with E-state index < -0.39 is 34.9 Å². The predicted octanol–water partition coefficient (Wildman–Crippen LogP) is 1.20. The highest BCUT2D eigenvalue weighted by atomic mass is 16.5. The molecule has 0 unspecified atom stereocenters. The summed E-state index contributed by atoms with van der Waals surface area (Å²) < 4.78 is 21.5. The van der Waals surface area contributed by atoms with E-state index in [9.17, 15) is 58.4 Å². The number of hydrogen-bond acceptors (Lipinski definition) is 22. The molecule has 0 aromatic carbocycles. The number of unbranched alkanes of at least 4 members (excludes halogenated alkanes) is 3. The van der Waals surface area contributed by atoms with Crippen LogP contribution in [0.3, 0.4) is 0 Å². The lowest BCUT2D eigenvalue weighted by atomic mass is 9.92. The van der Waals surface area contributed by atoms with E-state index in [1.807, 2.05) is 34.6 Å². The highest BCUT2D eigenvalue weighted by Crippen LogP contribution is 2.18. The molecule has 0 radical (unpaired) electrons. The second kappa shape index (κ2) is 53.6. The molecule has 0 saturated carbocycles. The van der Waals surface area contributed by atoms with Crippen LogP contribution in [0, 0.1) is 11.8 Å². The summed E-state index contributed by atoms with van der Waals surface area (Å²) in [6.07, 6.45) is 7.34. The average molecular weight is 1290 g/mol. The Morgan fingerprint density at radius 3 is 1.24 bits per heavy atom. The van der Waals surface area contributed by atoms with E-state index in [-0.39, 0.29) is 163 Å². The molecule has 29 heteroatoms. The van der Waals surface area contributed by atoms with Gasteiger partial charge >= 0.3 is 0 Å². The summed E-state index contributed by atoms with van der Waals surface area (Å²) in [6, 6.07) is -0.857. The maximum Gasteiger partial charge on any atom is 0.246 e. The van der Waals surface area contributed by atoms with Gasteiger partial charge in [-0.15, -0.1) is 0 Å². The number of hydrogen-bond donors (Lipinski definition) is 13. The lowest BCUT2D eigenvalue weighted by Crippen LogP contribution is -2.52. The Morgan fingerprint density at radius 2 is 0.833 bits per heavy atom. The zero-order valence-corrected chi connectivity index (χ0v) is 55.8. The number of nitrogens with one attached hydrogen (secondary N) is 9. The normalized spacial score (nSPS) is 12.9. The Bertz CT molecular complexity index is 2120. The first-order valence-electron chi connectivity index (χ1n) is 31.7. The summed E-state index contributed by atoms with van der Waals surface area (Å²) in [7, 11) is 3.33. The number of Topliss-reactive ketones (excluding diaryl/α,β-unsaturated/α-hetero) is 3. The molecule has 520 valence electrons. The van der Waals surface area contributed by atoms with Crippen LogP contribution in [-0.2, 0) is 66.9 Å². The van der Waals surface area contributed by atoms with Crippen LogP contribution in [0.4, 0.5) is 0 Å². The number of ether oxygens (including phenoxy) is 4. The first-order valence-corrected chi connectivity index (χ1v) is 31.7. The molecule has 0 aliphatic heterocycles. The quantitative estimate of drug-likeness (QED) is 0.0176. The second-order valence-electron chi connectivity index (χ2n) is 23.2.